The average Bonchev–Trinajstić information content (AvgIpc) is 2.54. The Bertz CT molecular complexity index is 585. The van der Waals surface area contributed by atoms with E-state index in [9.17, 15) is 4.79 Å². The van der Waals surface area contributed by atoms with Gasteiger partial charge in [-0.1, -0.05) is 18.2 Å². The Hall–Kier alpha value is -1.30. The molecule has 3 rings (SSSR count). The molecular weight excluding hydrogens is 328 g/mol. The lowest BCUT2D eigenvalue weighted by Gasteiger charge is -2.40. The molecule has 1 unspecified atom stereocenters. The van der Waals surface area contributed by atoms with Gasteiger partial charge in [-0.2, -0.15) is 0 Å². The summed E-state index contributed by atoms with van der Waals surface area (Å²) >= 11 is 0. The Labute approximate surface area is 149 Å². The Balaban J connectivity index is 0.00000208. The number of amides is 1. The van der Waals surface area contributed by atoms with Gasteiger partial charge >= 0.3 is 0 Å². The molecule has 1 aromatic carbocycles. The second kappa shape index (κ2) is 7.30. The number of nitrogens with one attached hydrogen (secondary N) is 2. The molecule has 2 heterocycles. The summed E-state index contributed by atoms with van der Waals surface area (Å²) in [7, 11) is 1.63. The van der Waals surface area contributed by atoms with Gasteiger partial charge in [0.1, 0.15) is 17.0 Å². The van der Waals surface area contributed by atoms with Crippen LogP contribution in [0.15, 0.2) is 24.3 Å². The quantitative estimate of drug-likeness (QED) is 0.876. The lowest BCUT2D eigenvalue weighted by atomic mass is 9.87. The number of piperidine rings is 1. The van der Waals surface area contributed by atoms with Crippen molar-refractivity contribution in [2.45, 2.75) is 50.4 Å². The van der Waals surface area contributed by atoms with Crippen LogP contribution in [0.5, 0.6) is 5.75 Å². The third-order valence-corrected chi connectivity index (χ3v) is 4.90. The number of carbonyl (C=O) groups excluding carboxylic acids is 1. The standard InChI is InChI=1S/C18H26N2O3.ClH/c1-17(2)12-14(13-6-4-5-7-15(13)23-17)20-16(21)18(22-3)8-10-19-11-9-18;/h4-7,14,19H,8-12H2,1-3H3,(H,20,21);1H. The molecule has 0 aromatic heterocycles. The molecule has 0 aliphatic carbocycles. The van der Waals surface area contributed by atoms with E-state index >= 15 is 0 Å². The Morgan fingerprint density at radius 2 is 1.96 bits per heavy atom. The number of halogens is 1. The van der Waals surface area contributed by atoms with Gasteiger partial charge in [0, 0.05) is 19.1 Å². The molecule has 0 spiro atoms. The molecule has 134 valence electrons. The highest BCUT2D eigenvalue weighted by Gasteiger charge is 2.42. The van der Waals surface area contributed by atoms with Crippen LogP contribution < -0.4 is 15.4 Å². The molecule has 1 atom stereocenters. The number of rotatable bonds is 3. The second-order valence-electron chi connectivity index (χ2n) is 7.08. The van der Waals surface area contributed by atoms with Crippen molar-refractivity contribution in [3.63, 3.8) is 0 Å². The van der Waals surface area contributed by atoms with Crippen LogP contribution in [0.3, 0.4) is 0 Å². The molecule has 1 fully saturated rings. The van der Waals surface area contributed by atoms with Gasteiger partial charge in [-0.25, -0.2) is 0 Å². The van der Waals surface area contributed by atoms with Gasteiger partial charge in [-0.3, -0.25) is 4.79 Å². The molecule has 5 nitrogen and oxygen atoms in total. The van der Waals surface area contributed by atoms with E-state index in [1.54, 1.807) is 7.11 Å². The minimum Gasteiger partial charge on any atom is -0.487 e. The van der Waals surface area contributed by atoms with Crippen molar-refractivity contribution in [3.8, 4) is 5.75 Å². The van der Waals surface area contributed by atoms with E-state index in [0.29, 0.717) is 12.8 Å². The summed E-state index contributed by atoms with van der Waals surface area (Å²) < 4.78 is 11.7. The zero-order valence-electron chi connectivity index (χ0n) is 14.6. The van der Waals surface area contributed by atoms with Gasteiger partial charge in [0.25, 0.3) is 5.91 Å². The summed E-state index contributed by atoms with van der Waals surface area (Å²) in [6.45, 7) is 5.71. The number of fused-ring (bicyclic) bond motifs is 1. The number of hydrogen-bond acceptors (Lipinski definition) is 4. The van der Waals surface area contributed by atoms with Gasteiger partial charge in [0.05, 0.1) is 6.04 Å². The Morgan fingerprint density at radius 3 is 2.62 bits per heavy atom. The highest BCUT2D eigenvalue weighted by molar-refractivity contribution is 5.86. The lowest BCUT2D eigenvalue weighted by molar-refractivity contribution is -0.148. The number of methoxy groups -OCH3 is 1. The summed E-state index contributed by atoms with van der Waals surface area (Å²) in [5.74, 6) is 0.838. The Kier molecular flexibility index (Phi) is 5.78. The Morgan fingerprint density at radius 1 is 1.29 bits per heavy atom. The van der Waals surface area contributed by atoms with Crippen LogP contribution in [-0.4, -0.2) is 37.3 Å². The van der Waals surface area contributed by atoms with Crippen molar-refractivity contribution in [3.05, 3.63) is 29.8 Å². The molecule has 24 heavy (non-hydrogen) atoms. The minimum absolute atomic E-state index is 0. The summed E-state index contributed by atoms with van der Waals surface area (Å²) in [6, 6.07) is 7.88. The lowest BCUT2D eigenvalue weighted by Crippen LogP contribution is -2.55. The summed E-state index contributed by atoms with van der Waals surface area (Å²) in [5.41, 5.74) is 0.0175. The topological polar surface area (TPSA) is 59.6 Å². The van der Waals surface area contributed by atoms with Gasteiger partial charge in [0.15, 0.2) is 0 Å². The summed E-state index contributed by atoms with van der Waals surface area (Å²) in [4.78, 5) is 12.9. The number of para-hydroxylation sites is 1. The maximum absolute atomic E-state index is 12.9. The van der Waals surface area contributed by atoms with Crippen LogP contribution in [0.25, 0.3) is 0 Å². The predicted molar refractivity (Wildman–Crippen MR) is 95.7 cm³/mol. The third-order valence-electron chi connectivity index (χ3n) is 4.90. The summed E-state index contributed by atoms with van der Waals surface area (Å²) in [5, 5.41) is 6.50. The van der Waals surface area contributed by atoms with Crippen molar-refractivity contribution in [1.29, 1.82) is 0 Å². The number of carbonyl (C=O) groups is 1. The number of benzene rings is 1. The van der Waals surface area contributed by atoms with E-state index in [0.717, 1.165) is 30.8 Å². The molecule has 2 N–H and O–H groups in total. The van der Waals surface area contributed by atoms with Gasteiger partial charge in [0.2, 0.25) is 0 Å². The van der Waals surface area contributed by atoms with Crippen LogP contribution in [0.1, 0.15) is 44.7 Å². The molecule has 0 saturated carbocycles. The van der Waals surface area contributed by atoms with E-state index in [1.165, 1.54) is 0 Å². The van der Waals surface area contributed by atoms with E-state index in [4.69, 9.17) is 9.47 Å². The number of ether oxygens (including phenoxy) is 2. The zero-order chi connectivity index (χ0) is 16.5. The van der Waals surface area contributed by atoms with E-state index in [-0.39, 0.29) is 30.0 Å². The fourth-order valence-corrected chi connectivity index (χ4v) is 3.58. The first-order valence-electron chi connectivity index (χ1n) is 8.31. The summed E-state index contributed by atoms with van der Waals surface area (Å²) in [6.07, 6.45) is 2.14. The molecule has 2 aliphatic rings. The van der Waals surface area contributed by atoms with E-state index in [1.807, 2.05) is 24.3 Å². The molecule has 0 bridgehead atoms. The van der Waals surface area contributed by atoms with Gasteiger partial charge in [-0.15, -0.1) is 12.4 Å². The van der Waals surface area contributed by atoms with Crippen LogP contribution in [0.4, 0.5) is 0 Å². The van der Waals surface area contributed by atoms with Crippen LogP contribution in [0, 0.1) is 0 Å². The largest absolute Gasteiger partial charge is 0.487 e. The zero-order valence-corrected chi connectivity index (χ0v) is 15.4. The van der Waals surface area contributed by atoms with Crippen molar-refractivity contribution in [2.75, 3.05) is 20.2 Å². The van der Waals surface area contributed by atoms with Crippen LogP contribution in [0.2, 0.25) is 0 Å². The SMILES string of the molecule is COC1(C(=O)NC2CC(C)(C)Oc3ccccc32)CCNCC1.Cl. The van der Waals surface area contributed by atoms with Gasteiger partial charge < -0.3 is 20.1 Å². The van der Waals surface area contributed by atoms with Gasteiger partial charge in [-0.05, 0) is 45.8 Å². The molecule has 2 aliphatic heterocycles. The van der Waals surface area contributed by atoms with Crippen LogP contribution in [-0.2, 0) is 9.53 Å². The number of hydrogen-bond donors (Lipinski definition) is 2. The second-order valence-corrected chi connectivity index (χ2v) is 7.08. The fourth-order valence-electron chi connectivity index (χ4n) is 3.58. The predicted octanol–water partition coefficient (Wildman–Crippen LogP) is 2.60. The first kappa shape index (κ1) is 19.0. The van der Waals surface area contributed by atoms with E-state index < -0.39 is 5.60 Å². The smallest absolute Gasteiger partial charge is 0.252 e. The highest BCUT2D eigenvalue weighted by atomic mass is 35.5. The maximum Gasteiger partial charge on any atom is 0.252 e. The van der Waals surface area contributed by atoms with Crippen molar-refractivity contribution >= 4 is 18.3 Å². The van der Waals surface area contributed by atoms with Crippen molar-refractivity contribution < 1.29 is 14.3 Å². The molecule has 1 amide bonds. The van der Waals surface area contributed by atoms with E-state index in [2.05, 4.69) is 24.5 Å². The molecule has 0 radical (unpaired) electrons. The monoisotopic (exact) mass is 354 g/mol. The van der Waals surface area contributed by atoms with Crippen molar-refractivity contribution in [1.82, 2.24) is 10.6 Å². The first-order valence-corrected chi connectivity index (χ1v) is 8.31. The molecule has 1 aromatic rings. The molecule has 1 saturated heterocycles. The minimum atomic E-state index is -0.720. The highest BCUT2D eigenvalue weighted by Crippen LogP contribution is 2.39. The molecular formula is C18H27ClN2O3. The molecule has 6 heteroatoms. The fraction of sp³-hybridized carbons (Fsp3) is 0.611. The maximum atomic E-state index is 12.9. The third kappa shape index (κ3) is 3.68. The first-order chi connectivity index (χ1) is 11.0. The normalized spacial score (nSPS) is 24.0. The average molecular weight is 355 g/mol. The van der Waals surface area contributed by atoms with Crippen LogP contribution >= 0.6 is 12.4 Å². The van der Waals surface area contributed by atoms with Crippen molar-refractivity contribution in [2.24, 2.45) is 0 Å².